The van der Waals surface area contributed by atoms with Gasteiger partial charge in [0.2, 0.25) is 6.79 Å². The standard InChI is InChI=1S/C13H14N4O2/c14-17-10-2-4-13(16-7-10)15-6-9-1-3-11-12(5-9)19-8-18-11/h1-5,7,17H,6,8,14H2,(H,15,16). The first kappa shape index (κ1) is 11.6. The van der Waals surface area contributed by atoms with Crippen LogP contribution in [0.4, 0.5) is 11.5 Å². The fourth-order valence-electron chi connectivity index (χ4n) is 1.83. The molecule has 2 heterocycles. The number of nitrogens with one attached hydrogen (secondary N) is 2. The number of fused-ring (bicyclic) bond motifs is 1. The SMILES string of the molecule is NNc1ccc(NCc2ccc3c(c2)OCO3)nc1. The van der Waals surface area contributed by atoms with Crippen molar-refractivity contribution in [2.24, 2.45) is 5.84 Å². The first-order chi connectivity index (χ1) is 9.35. The predicted molar refractivity (Wildman–Crippen MR) is 71.9 cm³/mol. The summed E-state index contributed by atoms with van der Waals surface area (Å²) in [6.45, 7) is 0.959. The molecule has 0 spiro atoms. The fourth-order valence-corrected chi connectivity index (χ4v) is 1.83. The zero-order valence-electron chi connectivity index (χ0n) is 10.2. The molecule has 19 heavy (non-hydrogen) atoms. The van der Waals surface area contributed by atoms with Gasteiger partial charge in [0, 0.05) is 6.54 Å². The first-order valence-corrected chi connectivity index (χ1v) is 5.90. The number of pyridine rings is 1. The lowest BCUT2D eigenvalue weighted by molar-refractivity contribution is 0.174. The molecule has 1 aromatic heterocycles. The monoisotopic (exact) mass is 258 g/mol. The van der Waals surface area contributed by atoms with Crippen LogP contribution in [0.3, 0.4) is 0 Å². The van der Waals surface area contributed by atoms with E-state index in [0.717, 1.165) is 28.6 Å². The second kappa shape index (κ2) is 5.03. The molecule has 0 bridgehead atoms. The molecule has 0 radical (unpaired) electrons. The van der Waals surface area contributed by atoms with E-state index in [9.17, 15) is 0 Å². The highest BCUT2D eigenvalue weighted by Crippen LogP contribution is 2.32. The molecule has 3 rings (SSSR count). The molecule has 0 atom stereocenters. The van der Waals surface area contributed by atoms with Crippen LogP contribution in [0.1, 0.15) is 5.56 Å². The number of nitrogens with zero attached hydrogens (tertiary/aromatic N) is 1. The number of hydrogen-bond acceptors (Lipinski definition) is 6. The average molecular weight is 258 g/mol. The maximum Gasteiger partial charge on any atom is 0.231 e. The van der Waals surface area contributed by atoms with Gasteiger partial charge in [0.25, 0.3) is 0 Å². The van der Waals surface area contributed by atoms with Crippen molar-refractivity contribution in [1.29, 1.82) is 0 Å². The molecule has 0 amide bonds. The zero-order valence-corrected chi connectivity index (χ0v) is 10.2. The second-order valence-corrected chi connectivity index (χ2v) is 4.12. The third-order valence-corrected chi connectivity index (χ3v) is 2.84. The minimum absolute atomic E-state index is 0.293. The van der Waals surface area contributed by atoms with Crippen molar-refractivity contribution >= 4 is 11.5 Å². The van der Waals surface area contributed by atoms with Gasteiger partial charge in [0.1, 0.15) is 5.82 Å². The van der Waals surface area contributed by atoms with Crippen molar-refractivity contribution in [2.75, 3.05) is 17.5 Å². The fraction of sp³-hybridized carbons (Fsp3) is 0.154. The summed E-state index contributed by atoms with van der Waals surface area (Å²) in [5, 5.41) is 3.23. The lowest BCUT2D eigenvalue weighted by Gasteiger charge is -2.07. The van der Waals surface area contributed by atoms with E-state index in [4.69, 9.17) is 15.3 Å². The molecular weight excluding hydrogens is 244 g/mol. The van der Waals surface area contributed by atoms with Crippen LogP contribution in [0.5, 0.6) is 11.5 Å². The van der Waals surface area contributed by atoms with Gasteiger partial charge in [0.05, 0.1) is 11.9 Å². The normalized spacial score (nSPS) is 12.3. The van der Waals surface area contributed by atoms with Crippen molar-refractivity contribution in [2.45, 2.75) is 6.54 Å². The van der Waals surface area contributed by atoms with E-state index in [1.165, 1.54) is 0 Å². The van der Waals surface area contributed by atoms with Crippen LogP contribution in [0.2, 0.25) is 0 Å². The molecule has 1 aromatic carbocycles. The number of anilines is 2. The van der Waals surface area contributed by atoms with Gasteiger partial charge in [-0.2, -0.15) is 0 Å². The highest BCUT2D eigenvalue weighted by Gasteiger charge is 2.12. The predicted octanol–water partition coefficient (Wildman–Crippen LogP) is 1.71. The van der Waals surface area contributed by atoms with Crippen molar-refractivity contribution in [3.8, 4) is 11.5 Å². The Hall–Kier alpha value is -2.47. The van der Waals surface area contributed by atoms with Crippen molar-refractivity contribution in [3.05, 3.63) is 42.1 Å². The summed E-state index contributed by atoms with van der Waals surface area (Å²) in [5.41, 5.74) is 4.41. The summed E-state index contributed by atoms with van der Waals surface area (Å²) in [4.78, 5) is 4.23. The molecule has 98 valence electrons. The van der Waals surface area contributed by atoms with Crippen LogP contribution in [0.25, 0.3) is 0 Å². The Morgan fingerprint density at radius 1 is 1.16 bits per heavy atom. The lowest BCUT2D eigenvalue weighted by Crippen LogP contribution is -2.07. The summed E-state index contributed by atoms with van der Waals surface area (Å²) < 4.78 is 10.6. The van der Waals surface area contributed by atoms with Crippen LogP contribution >= 0.6 is 0 Å². The molecule has 0 unspecified atom stereocenters. The number of ether oxygens (including phenoxy) is 2. The van der Waals surface area contributed by atoms with Crippen molar-refractivity contribution < 1.29 is 9.47 Å². The van der Waals surface area contributed by atoms with E-state index in [0.29, 0.717) is 13.3 Å². The third-order valence-electron chi connectivity index (χ3n) is 2.84. The minimum Gasteiger partial charge on any atom is -0.454 e. The molecule has 0 saturated heterocycles. The number of nitrogen functional groups attached to an aromatic ring is 1. The molecule has 0 fully saturated rings. The van der Waals surface area contributed by atoms with Gasteiger partial charge < -0.3 is 20.2 Å². The summed E-state index contributed by atoms with van der Waals surface area (Å²) >= 11 is 0. The Bertz CT molecular complexity index is 571. The molecule has 0 saturated carbocycles. The molecular formula is C13H14N4O2. The van der Waals surface area contributed by atoms with E-state index in [2.05, 4.69) is 15.7 Å². The van der Waals surface area contributed by atoms with Gasteiger partial charge in [-0.25, -0.2) is 4.98 Å². The second-order valence-electron chi connectivity index (χ2n) is 4.12. The van der Waals surface area contributed by atoms with E-state index < -0.39 is 0 Å². The van der Waals surface area contributed by atoms with Crippen LogP contribution < -0.4 is 26.1 Å². The zero-order chi connectivity index (χ0) is 13.1. The van der Waals surface area contributed by atoms with E-state index in [1.807, 2.05) is 30.3 Å². The Morgan fingerprint density at radius 2 is 2.05 bits per heavy atom. The quantitative estimate of drug-likeness (QED) is 0.572. The van der Waals surface area contributed by atoms with E-state index in [1.54, 1.807) is 6.20 Å². The van der Waals surface area contributed by atoms with Gasteiger partial charge in [0.15, 0.2) is 11.5 Å². The summed E-state index contributed by atoms with van der Waals surface area (Å²) in [6, 6.07) is 9.59. The minimum atomic E-state index is 0.293. The highest BCUT2D eigenvalue weighted by molar-refractivity contribution is 5.48. The molecule has 2 aromatic rings. The van der Waals surface area contributed by atoms with Gasteiger partial charge in [-0.15, -0.1) is 0 Å². The number of hydrazine groups is 1. The Balaban J connectivity index is 1.65. The van der Waals surface area contributed by atoms with Gasteiger partial charge in [-0.3, -0.25) is 5.84 Å². The number of nitrogens with two attached hydrogens (primary N) is 1. The third kappa shape index (κ3) is 2.53. The average Bonchev–Trinajstić information content (AvgIpc) is 2.93. The van der Waals surface area contributed by atoms with E-state index in [-0.39, 0.29) is 0 Å². The maximum absolute atomic E-state index is 5.33. The number of hydrogen-bond donors (Lipinski definition) is 3. The van der Waals surface area contributed by atoms with Crippen molar-refractivity contribution in [3.63, 3.8) is 0 Å². The number of aromatic nitrogens is 1. The number of benzene rings is 1. The molecule has 1 aliphatic heterocycles. The lowest BCUT2D eigenvalue weighted by atomic mass is 10.2. The largest absolute Gasteiger partial charge is 0.454 e. The van der Waals surface area contributed by atoms with Crippen LogP contribution in [0, 0.1) is 0 Å². The Kier molecular flexibility index (Phi) is 3.07. The smallest absolute Gasteiger partial charge is 0.231 e. The van der Waals surface area contributed by atoms with Crippen LogP contribution in [0.15, 0.2) is 36.5 Å². The first-order valence-electron chi connectivity index (χ1n) is 5.90. The highest BCUT2D eigenvalue weighted by atomic mass is 16.7. The van der Waals surface area contributed by atoms with Gasteiger partial charge >= 0.3 is 0 Å². The van der Waals surface area contributed by atoms with Crippen LogP contribution in [-0.4, -0.2) is 11.8 Å². The topological polar surface area (TPSA) is 81.4 Å². The Labute approximate surface area is 110 Å². The summed E-state index contributed by atoms with van der Waals surface area (Å²) in [6.07, 6.45) is 1.67. The van der Waals surface area contributed by atoms with Crippen LogP contribution in [-0.2, 0) is 6.54 Å². The number of rotatable bonds is 4. The van der Waals surface area contributed by atoms with Gasteiger partial charge in [-0.05, 0) is 29.8 Å². The van der Waals surface area contributed by atoms with Crippen molar-refractivity contribution in [1.82, 2.24) is 4.98 Å². The Morgan fingerprint density at radius 3 is 2.84 bits per heavy atom. The van der Waals surface area contributed by atoms with Gasteiger partial charge in [-0.1, -0.05) is 6.07 Å². The maximum atomic E-state index is 5.33. The molecule has 6 nitrogen and oxygen atoms in total. The molecule has 0 aliphatic carbocycles. The molecule has 6 heteroatoms. The van der Waals surface area contributed by atoms with E-state index >= 15 is 0 Å². The molecule has 1 aliphatic rings. The molecule has 4 N–H and O–H groups in total. The summed E-state index contributed by atoms with van der Waals surface area (Å²) in [5.74, 6) is 7.65. The summed E-state index contributed by atoms with van der Waals surface area (Å²) in [7, 11) is 0.